The van der Waals surface area contributed by atoms with Gasteiger partial charge < -0.3 is 15.1 Å². The molecule has 0 aliphatic heterocycles. The Balaban J connectivity index is 2.21. The van der Waals surface area contributed by atoms with Crippen LogP contribution in [0.5, 0.6) is 0 Å². The first-order valence-electron chi connectivity index (χ1n) is 7.73. The van der Waals surface area contributed by atoms with Gasteiger partial charge >= 0.3 is 11.8 Å². The number of sulfone groups is 1. The molecule has 8 heteroatoms. The minimum absolute atomic E-state index is 0.109. The van der Waals surface area contributed by atoms with Gasteiger partial charge in [-0.1, -0.05) is 18.2 Å². The van der Waals surface area contributed by atoms with Crippen molar-refractivity contribution >= 4 is 21.7 Å². The van der Waals surface area contributed by atoms with E-state index in [-0.39, 0.29) is 23.2 Å². The van der Waals surface area contributed by atoms with Crippen LogP contribution in [0.25, 0.3) is 0 Å². The molecular weight excluding hydrogens is 344 g/mol. The van der Waals surface area contributed by atoms with Gasteiger partial charge in [-0.25, -0.2) is 8.42 Å². The maximum absolute atomic E-state index is 12.9. The van der Waals surface area contributed by atoms with Gasteiger partial charge in [0.2, 0.25) is 0 Å². The van der Waals surface area contributed by atoms with E-state index in [1.807, 2.05) is 0 Å². The van der Waals surface area contributed by atoms with E-state index in [0.717, 1.165) is 0 Å². The average Bonchev–Trinajstić information content (AvgIpc) is 3.09. The van der Waals surface area contributed by atoms with Gasteiger partial charge in [0, 0.05) is 12.6 Å². The Morgan fingerprint density at radius 1 is 1.04 bits per heavy atom. The number of rotatable bonds is 6. The summed E-state index contributed by atoms with van der Waals surface area (Å²) in [4.78, 5) is 23.7. The number of carbonyl (C=O) groups excluding carboxylic acids is 2. The second kappa shape index (κ2) is 7.98. The van der Waals surface area contributed by atoms with Gasteiger partial charge in [0.25, 0.3) is 0 Å². The fraction of sp³-hybridized carbons (Fsp3) is 0.294. The summed E-state index contributed by atoms with van der Waals surface area (Å²) in [6.45, 7) is 3.16. The van der Waals surface area contributed by atoms with Crippen LogP contribution in [0.15, 0.2) is 58.0 Å². The van der Waals surface area contributed by atoms with Crippen LogP contribution in [-0.2, 0) is 19.4 Å². The van der Waals surface area contributed by atoms with E-state index in [0.29, 0.717) is 0 Å². The summed E-state index contributed by atoms with van der Waals surface area (Å²) in [6, 6.07) is 10.8. The molecule has 0 fully saturated rings. The van der Waals surface area contributed by atoms with Crippen LogP contribution in [0.2, 0.25) is 0 Å². The third kappa shape index (κ3) is 4.69. The largest absolute Gasteiger partial charge is 0.468 e. The van der Waals surface area contributed by atoms with Crippen molar-refractivity contribution in [3.63, 3.8) is 0 Å². The normalized spacial score (nSPS) is 12.6. The highest BCUT2D eigenvalue weighted by Gasteiger charge is 2.32. The number of benzene rings is 1. The molecule has 0 spiro atoms. The average molecular weight is 364 g/mol. The third-order valence-corrected chi connectivity index (χ3v) is 5.46. The van der Waals surface area contributed by atoms with Crippen LogP contribution in [0, 0.1) is 0 Å². The Bertz CT molecular complexity index is 814. The lowest BCUT2D eigenvalue weighted by atomic mass is 10.3. The second-order valence-electron chi connectivity index (χ2n) is 5.70. The summed E-state index contributed by atoms with van der Waals surface area (Å²) in [5, 5.41) is 3.67. The molecule has 2 rings (SSSR count). The number of amides is 2. The van der Waals surface area contributed by atoms with Gasteiger partial charge in [-0.05, 0) is 38.1 Å². The third-order valence-electron chi connectivity index (χ3n) is 3.38. The van der Waals surface area contributed by atoms with Crippen molar-refractivity contribution in [3.05, 3.63) is 54.5 Å². The summed E-state index contributed by atoms with van der Waals surface area (Å²) in [5.41, 5.74) is 0. The first kappa shape index (κ1) is 18.7. The first-order chi connectivity index (χ1) is 11.8. The lowest BCUT2D eigenvalue weighted by Gasteiger charge is -2.17. The Labute approximate surface area is 146 Å². The zero-order valence-electron chi connectivity index (χ0n) is 13.9. The molecule has 2 amide bonds. The van der Waals surface area contributed by atoms with Crippen molar-refractivity contribution < 1.29 is 22.4 Å². The van der Waals surface area contributed by atoms with Crippen LogP contribution >= 0.6 is 0 Å². The fourth-order valence-electron chi connectivity index (χ4n) is 2.21. The van der Waals surface area contributed by atoms with Gasteiger partial charge in [-0.3, -0.25) is 9.59 Å². The zero-order valence-corrected chi connectivity index (χ0v) is 14.7. The molecule has 1 unspecified atom stereocenters. The second-order valence-corrected chi connectivity index (χ2v) is 7.83. The molecule has 1 aromatic carbocycles. The summed E-state index contributed by atoms with van der Waals surface area (Å²) in [7, 11) is -3.81. The Morgan fingerprint density at radius 3 is 2.28 bits per heavy atom. The number of nitrogens with one attached hydrogen (secondary N) is 2. The molecule has 7 nitrogen and oxygen atoms in total. The molecule has 2 aromatic rings. The van der Waals surface area contributed by atoms with Crippen molar-refractivity contribution in [1.82, 2.24) is 10.6 Å². The Kier molecular flexibility index (Phi) is 5.97. The zero-order chi connectivity index (χ0) is 18.4. The maximum Gasteiger partial charge on any atom is 0.309 e. The van der Waals surface area contributed by atoms with Crippen LogP contribution in [0.3, 0.4) is 0 Å². The molecule has 25 heavy (non-hydrogen) atoms. The highest BCUT2D eigenvalue weighted by molar-refractivity contribution is 7.91. The Hall–Kier alpha value is -2.61. The molecule has 0 aliphatic carbocycles. The molecular formula is C17H20N2O5S. The maximum atomic E-state index is 12.9. The van der Waals surface area contributed by atoms with Crippen molar-refractivity contribution in [2.75, 3.05) is 6.54 Å². The van der Waals surface area contributed by atoms with Crippen molar-refractivity contribution in [2.45, 2.75) is 30.0 Å². The van der Waals surface area contributed by atoms with E-state index in [2.05, 4.69) is 10.6 Å². The monoisotopic (exact) mass is 364 g/mol. The number of hydrogen-bond donors (Lipinski definition) is 2. The topological polar surface area (TPSA) is 105 Å². The first-order valence-corrected chi connectivity index (χ1v) is 9.28. The number of furan rings is 1. The molecule has 1 aromatic heterocycles. The molecule has 0 bridgehead atoms. The van der Waals surface area contributed by atoms with Crippen LogP contribution in [0.4, 0.5) is 0 Å². The van der Waals surface area contributed by atoms with E-state index in [9.17, 15) is 18.0 Å². The summed E-state index contributed by atoms with van der Waals surface area (Å²) < 4.78 is 31.0. The van der Waals surface area contributed by atoms with Crippen LogP contribution in [0.1, 0.15) is 24.9 Å². The summed E-state index contributed by atoms with van der Waals surface area (Å²) >= 11 is 0. The van der Waals surface area contributed by atoms with Crippen molar-refractivity contribution in [1.29, 1.82) is 0 Å². The molecule has 0 saturated carbocycles. The van der Waals surface area contributed by atoms with E-state index < -0.39 is 26.9 Å². The molecule has 2 N–H and O–H groups in total. The molecule has 0 radical (unpaired) electrons. The molecule has 134 valence electrons. The highest BCUT2D eigenvalue weighted by Crippen LogP contribution is 2.28. The van der Waals surface area contributed by atoms with E-state index in [1.165, 1.54) is 24.5 Å². The molecule has 0 aliphatic rings. The Morgan fingerprint density at radius 2 is 1.72 bits per heavy atom. The van der Waals surface area contributed by atoms with Crippen molar-refractivity contribution in [2.24, 2.45) is 0 Å². The summed E-state index contributed by atoms with van der Waals surface area (Å²) in [6.07, 6.45) is 1.36. The molecule has 1 atom stereocenters. The fourth-order valence-corrected chi connectivity index (χ4v) is 3.81. The lowest BCUT2D eigenvalue weighted by molar-refractivity contribution is -0.139. The predicted molar refractivity (Wildman–Crippen MR) is 91.4 cm³/mol. The van der Waals surface area contributed by atoms with Crippen LogP contribution < -0.4 is 10.6 Å². The standard InChI is InChI=1S/C17H20N2O5S/c1-12(2)19-17(21)16(20)18-11-15(14-9-6-10-24-14)25(22,23)13-7-4-3-5-8-13/h3-10,12,15H,11H2,1-2H3,(H,18,20)(H,19,21). The van der Waals surface area contributed by atoms with E-state index in [4.69, 9.17) is 4.42 Å². The minimum Gasteiger partial charge on any atom is -0.468 e. The minimum atomic E-state index is -3.81. The van der Waals surface area contributed by atoms with Gasteiger partial charge in [0.05, 0.1) is 11.2 Å². The van der Waals surface area contributed by atoms with Crippen LogP contribution in [-0.4, -0.2) is 32.8 Å². The molecule has 1 heterocycles. The smallest absolute Gasteiger partial charge is 0.309 e. The number of hydrogen-bond acceptors (Lipinski definition) is 5. The van der Waals surface area contributed by atoms with Gasteiger partial charge in [0.1, 0.15) is 11.0 Å². The van der Waals surface area contributed by atoms with E-state index >= 15 is 0 Å². The molecule has 0 saturated heterocycles. The highest BCUT2D eigenvalue weighted by atomic mass is 32.2. The van der Waals surface area contributed by atoms with E-state index in [1.54, 1.807) is 38.1 Å². The van der Waals surface area contributed by atoms with Gasteiger partial charge in [0.15, 0.2) is 9.84 Å². The number of carbonyl (C=O) groups is 2. The SMILES string of the molecule is CC(C)NC(=O)C(=O)NCC(c1ccco1)S(=O)(=O)c1ccccc1. The van der Waals surface area contributed by atoms with Crippen molar-refractivity contribution in [3.8, 4) is 0 Å². The van der Waals surface area contributed by atoms with Gasteiger partial charge in [-0.2, -0.15) is 0 Å². The van der Waals surface area contributed by atoms with Gasteiger partial charge in [-0.15, -0.1) is 0 Å². The quantitative estimate of drug-likeness (QED) is 0.755. The summed E-state index contributed by atoms with van der Waals surface area (Å²) in [5.74, 6) is -1.52. The lowest BCUT2D eigenvalue weighted by Crippen LogP contribution is -2.44. The predicted octanol–water partition coefficient (Wildman–Crippen LogP) is 1.44.